The van der Waals surface area contributed by atoms with E-state index in [4.69, 9.17) is 0 Å². The van der Waals surface area contributed by atoms with Crippen molar-refractivity contribution in [1.82, 2.24) is 15.3 Å². The summed E-state index contributed by atoms with van der Waals surface area (Å²) in [6, 6.07) is 6.63. The van der Waals surface area contributed by atoms with Gasteiger partial charge in [0.25, 0.3) is 0 Å². The van der Waals surface area contributed by atoms with E-state index in [1.807, 2.05) is 6.20 Å². The molecule has 0 spiro atoms. The number of hydrogen-bond acceptors (Lipinski definition) is 2. The van der Waals surface area contributed by atoms with Gasteiger partial charge >= 0.3 is 0 Å². The molecule has 1 aromatic carbocycles. The van der Waals surface area contributed by atoms with Gasteiger partial charge < -0.3 is 10.3 Å². The molecule has 0 bridgehead atoms. The fourth-order valence-electron chi connectivity index (χ4n) is 2.92. The predicted octanol–water partition coefficient (Wildman–Crippen LogP) is 3.16. The zero-order chi connectivity index (χ0) is 13.2. The second-order valence-corrected chi connectivity index (χ2v) is 5.58. The molecule has 1 aliphatic heterocycles. The molecule has 1 aliphatic rings. The normalized spacial score (nSPS) is 16.7. The van der Waals surface area contributed by atoms with Crippen LogP contribution < -0.4 is 5.32 Å². The fourth-order valence-corrected chi connectivity index (χ4v) is 2.92. The highest BCUT2D eigenvalue weighted by Gasteiger charge is 2.18. The molecular weight excluding hydrogens is 234 g/mol. The van der Waals surface area contributed by atoms with Gasteiger partial charge in [0.2, 0.25) is 0 Å². The van der Waals surface area contributed by atoms with Gasteiger partial charge in [0.1, 0.15) is 5.82 Å². The molecule has 0 amide bonds. The largest absolute Gasteiger partial charge is 0.342 e. The maximum atomic E-state index is 4.59. The van der Waals surface area contributed by atoms with Gasteiger partial charge in [-0.2, -0.15) is 0 Å². The number of nitrogens with one attached hydrogen (secondary N) is 2. The molecule has 1 fully saturated rings. The van der Waals surface area contributed by atoms with Crippen molar-refractivity contribution in [3.63, 3.8) is 0 Å². The zero-order valence-corrected chi connectivity index (χ0v) is 11.7. The van der Waals surface area contributed by atoms with Crippen molar-refractivity contribution >= 4 is 0 Å². The maximum absolute atomic E-state index is 4.59. The minimum absolute atomic E-state index is 0.584. The molecule has 0 unspecified atom stereocenters. The van der Waals surface area contributed by atoms with Crippen molar-refractivity contribution in [2.45, 2.75) is 32.6 Å². The first kappa shape index (κ1) is 12.4. The minimum Gasteiger partial charge on any atom is -0.342 e. The number of piperidine rings is 1. The SMILES string of the molecule is Cc1cc(C)cc(-c2cnc(C3CCNCC3)[nH]2)c1. The summed E-state index contributed by atoms with van der Waals surface area (Å²) in [5.41, 5.74) is 4.98. The molecular formula is C16H21N3. The van der Waals surface area contributed by atoms with Gasteiger partial charge in [-0.3, -0.25) is 0 Å². The third-order valence-corrected chi connectivity index (χ3v) is 3.85. The van der Waals surface area contributed by atoms with E-state index in [0.717, 1.165) is 24.6 Å². The highest BCUT2D eigenvalue weighted by atomic mass is 14.9. The first-order valence-corrected chi connectivity index (χ1v) is 7.06. The standard InChI is InChI=1S/C16H21N3/c1-11-7-12(2)9-14(8-11)15-10-18-16(19-15)13-3-5-17-6-4-13/h7-10,13,17H,3-6H2,1-2H3,(H,18,19). The number of nitrogens with zero attached hydrogens (tertiary/aromatic N) is 1. The van der Waals surface area contributed by atoms with Crippen LogP contribution >= 0.6 is 0 Å². The van der Waals surface area contributed by atoms with Gasteiger partial charge in [0.05, 0.1) is 11.9 Å². The van der Waals surface area contributed by atoms with Crippen molar-refractivity contribution in [3.8, 4) is 11.3 Å². The summed E-state index contributed by atoms with van der Waals surface area (Å²) in [5.74, 6) is 1.73. The number of aromatic nitrogens is 2. The van der Waals surface area contributed by atoms with Gasteiger partial charge in [0, 0.05) is 11.5 Å². The van der Waals surface area contributed by atoms with E-state index >= 15 is 0 Å². The topological polar surface area (TPSA) is 40.7 Å². The lowest BCUT2D eigenvalue weighted by molar-refractivity contribution is 0.447. The first-order valence-electron chi connectivity index (χ1n) is 7.06. The van der Waals surface area contributed by atoms with Crippen LogP contribution in [-0.4, -0.2) is 23.1 Å². The Morgan fingerprint density at radius 2 is 1.74 bits per heavy atom. The van der Waals surface area contributed by atoms with Crippen LogP contribution in [0.3, 0.4) is 0 Å². The van der Waals surface area contributed by atoms with Crippen LogP contribution in [0.4, 0.5) is 0 Å². The highest BCUT2D eigenvalue weighted by molar-refractivity contribution is 5.60. The predicted molar refractivity (Wildman–Crippen MR) is 78.3 cm³/mol. The van der Waals surface area contributed by atoms with Crippen LogP contribution in [0.1, 0.15) is 35.7 Å². The Balaban J connectivity index is 1.87. The molecule has 3 heteroatoms. The van der Waals surface area contributed by atoms with Crippen LogP contribution in [0.2, 0.25) is 0 Å². The number of H-pyrrole nitrogens is 1. The number of aryl methyl sites for hydroxylation is 2. The summed E-state index contributed by atoms with van der Waals surface area (Å²) in [7, 11) is 0. The monoisotopic (exact) mass is 255 g/mol. The van der Waals surface area contributed by atoms with Gasteiger partial charge in [-0.05, 0) is 51.9 Å². The lowest BCUT2D eigenvalue weighted by Crippen LogP contribution is -2.27. The molecule has 2 heterocycles. The summed E-state index contributed by atoms with van der Waals surface area (Å²) in [6.07, 6.45) is 4.34. The lowest BCUT2D eigenvalue weighted by Gasteiger charge is -2.20. The molecule has 2 aromatic rings. The van der Waals surface area contributed by atoms with E-state index in [2.05, 4.69) is 47.3 Å². The van der Waals surface area contributed by atoms with Gasteiger partial charge in [-0.15, -0.1) is 0 Å². The second-order valence-electron chi connectivity index (χ2n) is 5.58. The van der Waals surface area contributed by atoms with Crippen LogP contribution in [0, 0.1) is 13.8 Å². The van der Waals surface area contributed by atoms with Crippen LogP contribution in [0.5, 0.6) is 0 Å². The molecule has 2 N–H and O–H groups in total. The Bertz CT molecular complexity index is 545. The van der Waals surface area contributed by atoms with E-state index in [0.29, 0.717) is 5.92 Å². The summed E-state index contributed by atoms with van der Waals surface area (Å²) in [6.45, 7) is 6.48. The molecule has 0 aliphatic carbocycles. The van der Waals surface area contributed by atoms with Crippen molar-refractivity contribution in [2.75, 3.05) is 13.1 Å². The van der Waals surface area contributed by atoms with Crippen molar-refractivity contribution in [2.24, 2.45) is 0 Å². The fraction of sp³-hybridized carbons (Fsp3) is 0.438. The molecule has 0 atom stereocenters. The third kappa shape index (κ3) is 2.71. The lowest BCUT2D eigenvalue weighted by atomic mass is 9.97. The second kappa shape index (κ2) is 5.17. The maximum Gasteiger partial charge on any atom is 0.109 e. The van der Waals surface area contributed by atoms with Crippen LogP contribution in [-0.2, 0) is 0 Å². The molecule has 3 rings (SSSR count). The van der Waals surface area contributed by atoms with Crippen molar-refractivity contribution < 1.29 is 0 Å². The van der Waals surface area contributed by atoms with E-state index in [1.165, 1.54) is 29.5 Å². The molecule has 1 saturated heterocycles. The van der Waals surface area contributed by atoms with E-state index in [9.17, 15) is 0 Å². The van der Waals surface area contributed by atoms with E-state index in [1.54, 1.807) is 0 Å². The average molecular weight is 255 g/mol. The summed E-state index contributed by atoms with van der Waals surface area (Å²) < 4.78 is 0. The Labute approximate surface area is 114 Å². The van der Waals surface area contributed by atoms with Crippen LogP contribution in [0.25, 0.3) is 11.3 Å². The molecule has 3 nitrogen and oxygen atoms in total. The average Bonchev–Trinajstić information content (AvgIpc) is 2.88. The number of imidazole rings is 1. The first-order chi connectivity index (χ1) is 9.22. The zero-order valence-electron chi connectivity index (χ0n) is 11.7. The number of hydrogen-bond donors (Lipinski definition) is 2. The van der Waals surface area contributed by atoms with E-state index < -0.39 is 0 Å². The summed E-state index contributed by atoms with van der Waals surface area (Å²) >= 11 is 0. The van der Waals surface area contributed by atoms with Gasteiger partial charge in [-0.25, -0.2) is 4.98 Å². The Hall–Kier alpha value is -1.61. The van der Waals surface area contributed by atoms with Crippen molar-refractivity contribution in [1.29, 1.82) is 0 Å². The molecule has 0 radical (unpaired) electrons. The number of rotatable bonds is 2. The van der Waals surface area contributed by atoms with Gasteiger partial charge in [-0.1, -0.05) is 17.2 Å². The van der Waals surface area contributed by atoms with Crippen LogP contribution in [0.15, 0.2) is 24.4 Å². The Morgan fingerprint density at radius 3 is 2.42 bits per heavy atom. The summed E-state index contributed by atoms with van der Waals surface area (Å²) in [4.78, 5) is 8.11. The van der Waals surface area contributed by atoms with E-state index in [-0.39, 0.29) is 0 Å². The quantitative estimate of drug-likeness (QED) is 0.865. The van der Waals surface area contributed by atoms with Crippen molar-refractivity contribution in [3.05, 3.63) is 41.3 Å². The molecule has 19 heavy (non-hydrogen) atoms. The Morgan fingerprint density at radius 1 is 1.05 bits per heavy atom. The Kier molecular flexibility index (Phi) is 3.38. The smallest absolute Gasteiger partial charge is 0.109 e. The number of aromatic amines is 1. The molecule has 1 aromatic heterocycles. The van der Waals surface area contributed by atoms with Gasteiger partial charge in [0.15, 0.2) is 0 Å². The summed E-state index contributed by atoms with van der Waals surface area (Å²) in [5, 5.41) is 3.40. The molecule has 100 valence electrons. The third-order valence-electron chi connectivity index (χ3n) is 3.85. The number of benzene rings is 1. The minimum atomic E-state index is 0.584. The molecule has 0 saturated carbocycles. The highest BCUT2D eigenvalue weighted by Crippen LogP contribution is 2.26.